The molecule has 0 fully saturated rings. The smallest absolute Gasteiger partial charge is 0.332 e. The molecule has 0 spiro atoms. The predicted octanol–water partition coefficient (Wildman–Crippen LogP) is 0.112. The molecule has 1 amide bonds. The molecule has 0 aliphatic carbocycles. The van der Waals surface area contributed by atoms with Gasteiger partial charge in [0.15, 0.2) is 15.9 Å². The van der Waals surface area contributed by atoms with Gasteiger partial charge in [0.2, 0.25) is 5.91 Å². The van der Waals surface area contributed by atoms with Gasteiger partial charge in [-0.05, 0) is 22.4 Å². The summed E-state index contributed by atoms with van der Waals surface area (Å²) in [6.07, 6.45) is 1.89. The fraction of sp³-hybridized carbons (Fsp3) is 0.538. The minimum absolute atomic E-state index is 0.0127. The number of nitrogens with zero attached hydrogens (tertiary/aromatic N) is 4. The van der Waals surface area contributed by atoms with Crippen LogP contribution in [0.2, 0.25) is 0 Å². The van der Waals surface area contributed by atoms with E-state index in [1.807, 2.05) is 6.92 Å². The minimum Gasteiger partial charge on any atom is -0.355 e. The summed E-state index contributed by atoms with van der Waals surface area (Å²) in [5, 5.41) is 2.79. The maximum absolute atomic E-state index is 12.1. The zero-order valence-electron chi connectivity index (χ0n) is 12.7. The van der Waals surface area contributed by atoms with Crippen LogP contribution >= 0.6 is 15.9 Å². The van der Waals surface area contributed by atoms with Crippen LogP contribution in [0.4, 0.5) is 0 Å². The first-order chi connectivity index (χ1) is 10.4. The van der Waals surface area contributed by atoms with E-state index in [2.05, 4.69) is 26.2 Å². The molecule has 1 N–H and O–H groups in total. The lowest BCUT2D eigenvalue weighted by Crippen LogP contribution is -2.38. The minimum atomic E-state index is -0.482. The molecule has 0 saturated carbocycles. The lowest BCUT2D eigenvalue weighted by atomic mass is 10.3. The summed E-state index contributed by atoms with van der Waals surface area (Å²) in [5.41, 5.74) is -0.468. The Morgan fingerprint density at radius 3 is 2.59 bits per heavy atom. The summed E-state index contributed by atoms with van der Waals surface area (Å²) in [7, 11) is 2.94. The highest BCUT2D eigenvalue weighted by Crippen LogP contribution is 2.16. The van der Waals surface area contributed by atoms with Gasteiger partial charge < -0.3 is 5.32 Å². The molecule has 120 valence electrons. The average molecular weight is 372 g/mol. The van der Waals surface area contributed by atoms with Gasteiger partial charge in [-0.25, -0.2) is 9.78 Å². The molecule has 22 heavy (non-hydrogen) atoms. The Kier molecular flexibility index (Phi) is 4.84. The molecule has 0 radical (unpaired) electrons. The predicted molar refractivity (Wildman–Crippen MR) is 85.8 cm³/mol. The van der Waals surface area contributed by atoms with Crippen molar-refractivity contribution in [3.8, 4) is 0 Å². The van der Waals surface area contributed by atoms with E-state index < -0.39 is 11.2 Å². The monoisotopic (exact) mass is 371 g/mol. The van der Waals surface area contributed by atoms with Gasteiger partial charge in [-0.3, -0.25) is 23.3 Å². The van der Waals surface area contributed by atoms with Crippen molar-refractivity contribution in [1.82, 2.24) is 24.0 Å². The molecule has 2 aromatic heterocycles. The quantitative estimate of drug-likeness (QED) is 0.596. The number of nitrogens with one attached hydrogen (secondary N) is 1. The van der Waals surface area contributed by atoms with Gasteiger partial charge in [0.05, 0.1) is 0 Å². The maximum Gasteiger partial charge on any atom is 0.332 e. The average Bonchev–Trinajstić information content (AvgIpc) is 2.80. The zero-order chi connectivity index (χ0) is 16.4. The normalized spacial score (nSPS) is 11.1. The van der Waals surface area contributed by atoms with Gasteiger partial charge in [-0.15, -0.1) is 0 Å². The van der Waals surface area contributed by atoms with Crippen molar-refractivity contribution in [2.24, 2.45) is 14.1 Å². The van der Waals surface area contributed by atoms with Crippen LogP contribution in [-0.4, -0.2) is 31.1 Å². The third kappa shape index (κ3) is 2.85. The summed E-state index contributed by atoms with van der Waals surface area (Å²) >= 11 is 3.25. The Labute approximate surface area is 134 Å². The lowest BCUT2D eigenvalue weighted by Gasteiger charge is -2.10. The van der Waals surface area contributed by atoms with Crippen molar-refractivity contribution >= 4 is 33.0 Å². The second-order valence-electron chi connectivity index (χ2n) is 5.05. The fourth-order valence-electron chi connectivity index (χ4n) is 2.21. The molecule has 2 heterocycles. The number of aryl methyl sites for hydroxylation is 1. The number of hydrogen-bond acceptors (Lipinski definition) is 4. The van der Waals surface area contributed by atoms with Crippen LogP contribution < -0.4 is 16.6 Å². The number of hydrogen-bond donors (Lipinski definition) is 1. The molecule has 0 aromatic carbocycles. The molecule has 0 atom stereocenters. The van der Waals surface area contributed by atoms with Crippen molar-refractivity contribution in [2.45, 2.75) is 26.3 Å². The molecule has 0 aliphatic rings. The molecule has 0 unspecified atom stereocenters. The van der Waals surface area contributed by atoms with Crippen LogP contribution in [0, 0.1) is 0 Å². The summed E-state index contributed by atoms with van der Waals surface area (Å²) in [6.45, 7) is 2.62. The van der Waals surface area contributed by atoms with E-state index in [9.17, 15) is 14.4 Å². The molecule has 0 saturated heterocycles. The number of unbranched alkanes of at least 4 members (excludes halogenated alkanes) is 1. The van der Waals surface area contributed by atoms with Crippen LogP contribution in [0.5, 0.6) is 0 Å². The zero-order valence-corrected chi connectivity index (χ0v) is 14.3. The lowest BCUT2D eigenvalue weighted by molar-refractivity contribution is -0.121. The molecule has 2 rings (SSSR count). The Balaban J connectivity index is 2.47. The van der Waals surface area contributed by atoms with Crippen LogP contribution in [0.1, 0.15) is 19.8 Å². The number of rotatable bonds is 5. The Morgan fingerprint density at radius 2 is 1.95 bits per heavy atom. The number of imidazole rings is 1. The van der Waals surface area contributed by atoms with E-state index >= 15 is 0 Å². The van der Waals surface area contributed by atoms with Gasteiger partial charge in [-0.2, -0.15) is 0 Å². The first-order valence-electron chi connectivity index (χ1n) is 6.97. The van der Waals surface area contributed by atoms with Crippen molar-refractivity contribution in [2.75, 3.05) is 6.54 Å². The van der Waals surface area contributed by atoms with Crippen molar-refractivity contribution in [3.05, 3.63) is 25.6 Å². The standard InChI is InChI=1S/C13H18BrN5O3/c1-4-5-6-15-8(20)7-19-10-9(16-12(19)14)11(21)18(3)13(22)17(10)2/h4-7H2,1-3H3,(H,15,20). The molecular formula is C13H18BrN5O3. The van der Waals surface area contributed by atoms with Gasteiger partial charge in [-0.1, -0.05) is 13.3 Å². The van der Waals surface area contributed by atoms with Gasteiger partial charge in [0.25, 0.3) is 5.56 Å². The molecular weight excluding hydrogens is 354 g/mol. The van der Waals surface area contributed by atoms with Crippen molar-refractivity contribution < 1.29 is 4.79 Å². The van der Waals surface area contributed by atoms with E-state index in [0.717, 1.165) is 17.4 Å². The van der Waals surface area contributed by atoms with Crippen LogP contribution in [0.3, 0.4) is 0 Å². The first-order valence-corrected chi connectivity index (χ1v) is 7.76. The Bertz CT molecular complexity index is 833. The largest absolute Gasteiger partial charge is 0.355 e. The molecule has 8 nitrogen and oxygen atoms in total. The second-order valence-corrected chi connectivity index (χ2v) is 5.76. The third-order valence-corrected chi connectivity index (χ3v) is 4.05. The van der Waals surface area contributed by atoms with Crippen LogP contribution in [0.15, 0.2) is 14.3 Å². The second kappa shape index (κ2) is 6.47. The highest BCUT2D eigenvalue weighted by atomic mass is 79.9. The summed E-state index contributed by atoms with van der Waals surface area (Å²) in [5.74, 6) is -0.193. The van der Waals surface area contributed by atoms with E-state index in [-0.39, 0.29) is 18.0 Å². The van der Waals surface area contributed by atoms with Crippen LogP contribution in [0.25, 0.3) is 11.2 Å². The number of fused-ring (bicyclic) bond motifs is 1. The van der Waals surface area contributed by atoms with Gasteiger partial charge in [0.1, 0.15) is 6.54 Å². The van der Waals surface area contributed by atoms with E-state index in [1.165, 1.54) is 16.2 Å². The maximum atomic E-state index is 12.1. The van der Waals surface area contributed by atoms with E-state index in [0.29, 0.717) is 16.9 Å². The van der Waals surface area contributed by atoms with Crippen molar-refractivity contribution in [1.29, 1.82) is 0 Å². The number of carbonyl (C=O) groups excluding carboxylic acids is 1. The fourth-order valence-corrected chi connectivity index (χ4v) is 2.68. The highest BCUT2D eigenvalue weighted by Gasteiger charge is 2.19. The molecule has 9 heteroatoms. The van der Waals surface area contributed by atoms with Crippen LogP contribution in [-0.2, 0) is 25.4 Å². The number of aromatic nitrogens is 4. The summed E-state index contributed by atoms with van der Waals surface area (Å²) in [6, 6.07) is 0. The molecule has 0 bridgehead atoms. The van der Waals surface area contributed by atoms with Gasteiger partial charge >= 0.3 is 5.69 Å². The van der Waals surface area contributed by atoms with Gasteiger partial charge in [0, 0.05) is 20.6 Å². The van der Waals surface area contributed by atoms with Crippen molar-refractivity contribution in [3.63, 3.8) is 0 Å². The SMILES string of the molecule is CCCCNC(=O)Cn1c(Br)nc2c(=O)n(C)c(=O)n(C)c21. The first kappa shape index (κ1) is 16.5. The Hall–Kier alpha value is -1.90. The summed E-state index contributed by atoms with van der Waals surface area (Å²) < 4.78 is 4.16. The molecule has 0 aliphatic heterocycles. The third-order valence-electron chi connectivity index (χ3n) is 3.45. The molecule has 2 aromatic rings. The Morgan fingerprint density at radius 1 is 1.27 bits per heavy atom. The topological polar surface area (TPSA) is 90.9 Å². The summed E-state index contributed by atoms with van der Waals surface area (Å²) in [4.78, 5) is 40.3. The number of amides is 1. The van der Waals surface area contributed by atoms with E-state index in [4.69, 9.17) is 0 Å². The number of carbonyl (C=O) groups is 1. The highest BCUT2D eigenvalue weighted by molar-refractivity contribution is 9.10. The van der Waals surface area contributed by atoms with E-state index in [1.54, 1.807) is 7.05 Å². The number of halogens is 1.